The molecule has 4 heterocycles. The molecule has 17 heteroatoms. The highest BCUT2D eigenvalue weighted by molar-refractivity contribution is 5.93. The molecule has 2 aliphatic rings. The highest BCUT2D eigenvalue weighted by Gasteiger charge is 2.31. The molecule has 3 atom stereocenters. The molecule has 4 N–H and O–H groups in total. The Kier molecular flexibility index (Phi) is 12.9. The third kappa shape index (κ3) is 10.1. The number of hydrogen-bond donors (Lipinski definition) is 4. The molecular formula is C35H48N10O7. The second-order valence-corrected chi connectivity index (χ2v) is 13.3. The van der Waals surface area contributed by atoms with Crippen LogP contribution in [0.5, 0.6) is 0 Å². The molecule has 2 aromatic heterocycles. The van der Waals surface area contributed by atoms with Crippen LogP contribution in [0.4, 0.5) is 5.82 Å². The number of ether oxygens (including phenoxy) is 1. The van der Waals surface area contributed by atoms with Gasteiger partial charge in [0.2, 0.25) is 29.4 Å². The van der Waals surface area contributed by atoms with Crippen LogP contribution in [0.2, 0.25) is 0 Å². The maximum absolute atomic E-state index is 13.9. The van der Waals surface area contributed by atoms with Crippen molar-refractivity contribution in [3.63, 3.8) is 0 Å². The van der Waals surface area contributed by atoms with E-state index in [1.807, 2.05) is 49.1 Å². The lowest BCUT2D eigenvalue weighted by atomic mass is 10.0. The summed E-state index contributed by atoms with van der Waals surface area (Å²) in [5.74, 6) is -1.00. The molecule has 0 spiro atoms. The first kappa shape index (κ1) is 37.9. The molecule has 17 nitrogen and oxygen atoms in total. The Balaban J connectivity index is 1.38. The van der Waals surface area contributed by atoms with Gasteiger partial charge < -0.3 is 40.3 Å². The van der Waals surface area contributed by atoms with Crippen LogP contribution in [0.3, 0.4) is 0 Å². The summed E-state index contributed by atoms with van der Waals surface area (Å²) in [5, 5.41) is 19.9. The summed E-state index contributed by atoms with van der Waals surface area (Å²) in [6, 6.07) is 8.27. The Bertz CT molecular complexity index is 1700. The van der Waals surface area contributed by atoms with Gasteiger partial charge >= 0.3 is 0 Å². The van der Waals surface area contributed by atoms with Crippen molar-refractivity contribution in [2.24, 2.45) is 5.92 Å². The van der Waals surface area contributed by atoms with Crippen molar-refractivity contribution in [2.75, 3.05) is 50.8 Å². The van der Waals surface area contributed by atoms with E-state index in [0.29, 0.717) is 43.8 Å². The average Bonchev–Trinajstić information content (AvgIpc) is 3.76. The van der Waals surface area contributed by atoms with E-state index in [-0.39, 0.29) is 63.0 Å². The predicted octanol–water partition coefficient (Wildman–Crippen LogP) is 0.509. The second-order valence-electron chi connectivity index (χ2n) is 13.3. The number of aryl methyl sites for hydroxylation is 1. The van der Waals surface area contributed by atoms with Crippen molar-refractivity contribution in [1.82, 2.24) is 46.1 Å². The highest BCUT2D eigenvalue weighted by Crippen LogP contribution is 2.22. The quantitative estimate of drug-likeness (QED) is 0.286. The Hall–Kier alpha value is -5.32. The van der Waals surface area contributed by atoms with Gasteiger partial charge in [0.15, 0.2) is 11.6 Å². The number of nitrogens with one attached hydrogen (secondary N) is 4. The first-order valence-corrected chi connectivity index (χ1v) is 17.7. The second kappa shape index (κ2) is 17.7. The Morgan fingerprint density at radius 3 is 2.44 bits per heavy atom. The molecule has 0 radical (unpaired) electrons. The molecule has 0 saturated carbocycles. The molecule has 3 aromatic rings. The monoisotopic (exact) mass is 720 g/mol. The average molecular weight is 721 g/mol. The minimum absolute atomic E-state index is 0.0155. The molecule has 1 fully saturated rings. The van der Waals surface area contributed by atoms with Crippen LogP contribution in [0, 0.1) is 12.8 Å². The maximum atomic E-state index is 13.9. The third-order valence-corrected chi connectivity index (χ3v) is 8.90. The number of amides is 5. The maximum Gasteiger partial charge on any atom is 0.292 e. The van der Waals surface area contributed by atoms with Gasteiger partial charge in [0.1, 0.15) is 24.5 Å². The van der Waals surface area contributed by atoms with Crippen LogP contribution in [0.15, 0.2) is 40.9 Å². The van der Waals surface area contributed by atoms with E-state index in [0.717, 1.165) is 5.56 Å². The van der Waals surface area contributed by atoms with Gasteiger partial charge in [0.25, 0.3) is 5.91 Å². The van der Waals surface area contributed by atoms with Crippen LogP contribution in [-0.2, 0) is 36.9 Å². The van der Waals surface area contributed by atoms with Gasteiger partial charge in [-0.25, -0.2) is 9.67 Å². The van der Waals surface area contributed by atoms with Crippen LogP contribution in [0.25, 0.3) is 0 Å². The number of hydrogen-bond acceptors (Lipinski definition) is 11. The minimum atomic E-state index is -0.985. The fourth-order valence-corrected chi connectivity index (χ4v) is 6.07. The van der Waals surface area contributed by atoms with Crippen molar-refractivity contribution in [2.45, 2.75) is 71.6 Å². The fraction of sp³-hybridized carbons (Fsp3) is 0.543. The van der Waals surface area contributed by atoms with Crippen LogP contribution in [0.1, 0.15) is 67.4 Å². The largest absolute Gasteiger partial charge is 0.378 e. The molecule has 0 aliphatic carbocycles. The van der Waals surface area contributed by atoms with Gasteiger partial charge in [-0.15, -0.1) is 0 Å². The van der Waals surface area contributed by atoms with E-state index in [4.69, 9.17) is 9.26 Å². The molecule has 52 heavy (non-hydrogen) atoms. The molecule has 1 saturated heterocycles. The zero-order valence-electron chi connectivity index (χ0n) is 30.1. The number of anilines is 1. The normalized spacial score (nSPS) is 21.8. The van der Waals surface area contributed by atoms with E-state index in [2.05, 4.69) is 36.5 Å². The summed E-state index contributed by atoms with van der Waals surface area (Å²) >= 11 is 0. The number of benzene rings is 1. The molecule has 0 unspecified atom stereocenters. The summed E-state index contributed by atoms with van der Waals surface area (Å²) < 4.78 is 12.3. The summed E-state index contributed by atoms with van der Waals surface area (Å²) in [4.78, 5) is 75.1. The summed E-state index contributed by atoms with van der Waals surface area (Å²) in [6.07, 6.45) is 0.476. The lowest BCUT2D eigenvalue weighted by molar-refractivity contribution is -0.132. The van der Waals surface area contributed by atoms with E-state index >= 15 is 0 Å². The van der Waals surface area contributed by atoms with Crippen LogP contribution < -0.4 is 26.2 Å². The van der Waals surface area contributed by atoms with Gasteiger partial charge in [-0.3, -0.25) is 24.0 Å². The number of carbonyl (C=O) groups is 5. The number of rotatable bonds is 5. The van der Waals surface area contributed by atoms with Gasteiger partial charge in [-0.1, -0.05) is 49.3 Å². The van der Waals surface area contributed by atoms with Crippen LogP contribution >= 0.6 is 0 Å². The Labute approximate surface area is 302 Å². The number of morpholine rings is 1. The van der Waals surface area contributed by atoms with E-state index in [9.17, 15) is 24.0 Å². The van der Waals surface area contributed by atoms with Crippen molar-refractivity contribution in [3.8, 4) is 0 Å². The third-order valence-electron chi connectivity index (χ3n) is 8.90. The molecule has 5 amide bonds. The topological polar surface area (TPSA) is 206 Å². The molecule has 0 bridgehead atoms. The number of nitrogens with zero attached hydrogens (tertiary/aromatic N) is 6. The summed E-state index contributed by atoms with van der Waals surface area (Å²) in [7, 11) is 0. The smallest absolute Gasteiger partial charge is 0.292 e. The molecule has 2 aliphatic heterocycles. The zero-order valence-corrected chi connectivity index (χ0v) is 30.1. The lowest BCUT2D eigenvalue weighted by Crippen LogP contribution is -2.54. The van der Waals surface area contributed by atoms with Gasteiger partial charge in [0, 0.05) is 51.6 Å². The van der Waals surface area contributed by atoms with E-state index < -0.39 is 41.8 Å². The van der Waals surface area contributed by atoms with Crippen molar-refractivity contribution >= 4 is 35.4 Å². The molecule has 280 valence electrons. The molecule has 5 rings (SSSR count). The van der Waals surface area contributed by atoms with Crippen molar-refractivity contribution in [3.05, 3.63) is 59.4 Å². The summed E-state index contributed by atoms with van der Waals surface area (Å²) in [6.45, 7) is 9.59. The van der Waals surface area contributed by atoms with Gasteiger partial charge in [-0.05, 0) is 31.7 Å². The van der Waals surface area contributed by atoms with Gasteiger partial charge in [0.05, 0.1) is 19.3 Å². The number of fused-ring (bicyclic) bond motifs is 1. The molecular weight excluding hydrogens is 672 g/mol. The standard InChI is InChI=1S/C35H48N10O7/c1-22(2)31-32-38-24(4)41-45(32)21-30(47)36-12-14-44(35(50)27-20-28(42-52-27)43-15-17-51-18-16-43)13-8-11-29(46)37-23(3)33(48)39-26(34(49)40-31)19-25-9-6-5-7-10-25/h5-7,9-10,20,22-23,26,31H,8,11-19,21H2,1-4H3,(H,36,47)(H,37,46)(H,39,48)(H,40,49)/t23-,26+,31-/m0/s1. The van der Waals surface area contributed by atoms with Gasteiger partial charge in [-0.2, -0.15) is 5.10 Å². The number of aromatic nitrogens is 4. The van der Waals surface area contributed by atoms with E-state index in [1.165, 1.54) is 9.58 Å². The zero-order chi connectivity index (χ0) is 37.2. The fourth-order valence-electron chi connectivity index (χ4n) is 6.07. The van der Waals surface area contributed by atoms with Crippen molar-refractivity contribution < 1.29 is 33.2 Å². The van der Waals surface area contributed by atoms with Crippen LogP contribution in [-0.4, -0.2) is 112 Å². The first-order chi connectivity index (χ1) is 25.0. The predicted molar refractivity (Wildman–Crippen MR) is 188 cm³/mol. The minimum Gasteiger partial charge on any atom is -0.378 e. The summed E-state index contributed by atoms with van der Waals surface area (Å²) in [5.41, 5.74) is 0.827. The first-order valence-electron chi connectivity index (χ1n) is 17.7. The Morgan fingerprint density at radius 1 is 0.962 bits per heavy atom. The Morgan fingerprint density at radius 2 is 1.71 bits per heavy atom. The SMILES string of the molecule is Cc1nc2n(n1)CC(=O)NCCN(C(=O)c1cc(N3CCOCC3)no1)CCCC(=O)N[C@@H](C)C(=O)N[C@H](Cc1ccccc1)C(=O)N[C@H]2C(C)C. The van der Waals surface area contributed by atoms with Crippen molar-refractivity contribution in [1.29, 1.82) is 0 Å². The lowest BCUT2D eigenvalue weighted by Gasteiger charge is -2.27. The molecule has 1 aromatic carbocycles. The van der Waals surface area contributed by atoms with E-state index in [1.54, 1.807) is 19.9 Å². The number of carbonyl (C=O) groups excluding carboxylic acids is 5. The highest BCUT2D eigenvalue weighted by atomic mass is 16.5.